The molecule has 8 heteroatoms. The molecule has 2 aliphatic heterocycles. The topological polar surface area (TPSA) is 81.9 Å². The minimum absolute atomic E-state index is 0.209. The van der Waals surface area contributed by atoms with Crippen LogP contribution < -0.4 is 9.47 Å². The molecule has 0 spiro atoms. The molecule has 7 nitrogen and oxygen atoms in total. The van der Waals surface area contributed by atoms with Crippen LogP contribution in [0.4, 0.5) is 0 Å². The normalized spacial score (nSPS) is 20.7. The fraction of sp³-hybridized carbons (Fsp3) is 0.500. The number of fused-ring (bicyclic) bond motifs is 1. The van der Waals surface area contributed by atoms with Crippen LogP contribution in [0.2, 0.25) is 0 Å². The lowest BCUT2D eigenvalue weighted by atomic mass is 10.1. The Morgan fingerprint density at radius 3 is 2.65 bits per heavy atom. The zero-order chi connectivity index (χ0) is 18.3. The van der Waals surface area contributed by atoms with Crippen molar-refractivity contribution >= 4 is 10.0 Å². The second-order valence-corrected chi connectivity index (χ2v) is 8.78. The molecular weight excluding hydrogens is 356 g/mol. The van der Waals surface area contributed by atoms with Gasteiger partial charge in [0, 0.05) is 24.6 Å². The van der Waals surface area contributed by atoms with Crippen molar-refractivity contribution in [1.29, 1.82) is 0 Å². The maximum absolute atomic E-state index is 13.2. The number of hydrogen-bond acceptors (Lipinski definition) is 6. The third kappa shape index (κ3) is 2.97. The molecule has 0 saturated carbocycles. The maximum Gasteiger partial charge on any atom is 0.243 e. The molecule has 1 fully saturated rings. The smallest absolute Gasteiger partial charge is 0.243 e. The lowest BCUT2D eigenvalue weighted by molar-refractivity contribution is 0.171. The summed E-state index contributed by atoms with van der Waals surface area (Å²) in [5.74, 6) is 2.02. The number of benzene rings is 1. The van der Waals surface area contributed by atoms with Crippen LogP contribution in [0.3, 0.4) is 0 Å². The molecule has 3 heterocycles. The van der Waals surface area contributed by atoms with Crippen molar-refractivity contribution < 1.29 is 22.4 Å². The molecule has 1 aromatic heterocycles. The third-order valence-electron chi connectivity index (χ3n) is 4.78. The van der Waals surface area contributed by atoms with Gasteiger partial charge in [-0.2, -0.15) is 4.31 Å². The first-order valence-electron chi connectivity index (χ1n) is 8.85. The van der Waals surface area contributed by atoms with Crippen molar-refractivity contribution in [3.8, 4) is 11.5 Å². The van der Waals surface area contributed by atoms with Gasteiger partial charge in [0.05, 0.1) is 10.9 Å². The average Bonchev–Trinajstić information content (AvgIpc) is 3.30. The van der Waals surface area contributed by atoms with Crippen LogP contribution in [0.25, 0.3) is 0 Å². The Balaban J connectivity index is 1.65. The summed E-state index contributed by atoms with van der Waals surface area (Å²) in [6.45, 7) is 5.38. The fourth-order valence-corrected chi connectivity index (χ4v) is 5.06. The highest BCUT2D eigenvalue weighted by atomic mass is 32.2. The quantitative estimate of drug-likeness (QED) is 0.813. The molecule has 1 aromatic carbocycles. The number of sulfonamides is 1. The molecule has 0 bridgehead atoms. The molecule has 26 heavy (non-hydrogen) atoms. The minimum Gasteiger partial charge on any atom is -0.486 e. The van der Waals surface area contributed by atoms with Crippen molar-refractivity contribution in [2.24, 2.45) is 0 Å². The monoisotopic (exact) mass is 378 g/mol. The Bertz CT molecular complexity index is 906. The maximum atomic E-state index is 13.2. The van der Waals surface area contributed by atoms with Crippen molar-refractivity contribution in [2.45, 2.75) is 43.5 Å². The Hall–Kier alpha value is -2.06. The fourth-order valence-electron chi connectivity index (χ4n) is 3.38. The highest BCUT2D eigenvalue weighted by Crippen LogP contribution is 2.39. The molecule has 0 amide bonds. The second-order valence-electron chi connectivity index (χ2n) is 6.89. The van der Waals surface area contributed by atoms with E-state index in [9.17, 15) is 8.42 Å². The first kappa shape index (κ1) is 17.4. The summed E-state index contributed by atoms with van der Waals surface area (Å²) < 4.78 is 44.3. The summed E-state index contributed by atoms with van der Waals surface area (Å²) in [5, 5.41) is 4.12. The molecule has 1 unspecified atom stereocenters. The molecule has 0 aliphatic carbocycles. The first-order chi connectivity index (χ1) is 12.5. The van der Waals surface area contributed by atoms with E-state index in [1.54, 1.807) is 18.2 Å². The van der Waals surface area contributed by atoms with E-state index in [4.69, 9.17) is 14.0 Å². The van der Waals surface area contributed by atoms with E-state index in [0.717, 1.165) is 18.6 Å². The van der Waals surface area contributed by atoms with E-state index in [2.05, 4.69) is 5.16 Å². The molecular formula is C18H22N2O5S. The van der Waals surface area contributed by atoms with Crippen molar-refractivity contribution in [2.75, 3.05) is 19.8 Å². The SMILES string of the molecule is CC(C)c1cc(C2CCCN2S(=O)(=O)c2ccc3c(c2)OCCO3)no1. The van der Waals surface area contributed by atoms with E-state index in [1.807, 2.05) is 19.9 Å². The van der Waals surface area contributed by atoms with Gasteiger partial charge in [-0.25, -0.2) is 8.42 Å². The predicted molar refractivity (Wildman–Crippen MR) is 93.9 cm³/mol. The van der Waals surface area contributed by atoms with Crippen LogP contribution in [0.5, 0.6) is 11.5 Å². The van der Waals surface area contributed by atoms with Gasteiger partial charge in [0.15, 0.2) is 11.5 Å². The molecule has 2 aliphatic rings. The van der Waals surface area contributed by atoms with E-state index in [-0.39, 0.29) is 16.9 Å². The molecule has 2 aromatic rings. The third-order valence-corrected chi connectivity index (χ3v) is 6.69. The van der Waals surface area contributed by atoms with Crippen LogP contribution >= 0.6 is 0 Å². The van der Waals surface area contributed by atoms with Gasteiger partial charge >= 0.3 is 0 Å². The van der Waals surface area contributed by atoms with E-state index < -0.39 is 10.0 Å². The number of hydrogen-bond donors (Lipinski definition) is 0. The van der Waals surface area contributed by atoms with Crippen molar-refractivity contribution in [3.63, 3.8) is 0 Å². The van der Waals surface area contributed by atoms with Crippen molar-refractivity contribution in [1.82, 2.24) is 9.46 Å². The predicted octanol–water partition coefficient (Wildman–Crippen LogP) is 3.10. The second kappa shape index (κ2) is 6.59. The zero-order valence-corrected chi connectivity index (χ0v) is 15.7. The number of rotatable bonds is 4. The number of aromatic nitrogens is 1. The van der Waals surface area contributed by atoms with Gasteiger partial charge in [0.25, 0.3) is 0 Å². The minimum atomic E-state index is -3.66. The average molecular weight is 378 g/mol. The lowest BCUT2D eigenvalue weighted by Gasteiger charge is -2.24. The number of nitrogens with zero attached hydrogens (tertiary/aromatic N) is 2. The molecule has 0 radical (unpaired) electrons. The van der Waals surface area contributed by atoms with Gasteiger partial charge in [0.1, 0.15) is 24.7 Å². The summed E-state index contributed by atoms with van der Waals surface area (Å²) in [6.07, 6.45) is 1.52. The van der Waals surface area contributed by atoms with Gasteiger partial charge in [-0.1, -0.05) is 19.0 Å². The van der Waals surface area contributed by atoms with Crippen LogP contribution in [0.1, 0.15) is 50.1 Å². The Kier molecular flexibility index (Phi) is 4.40. The summed E-state index contributed by atoms with van der Waals surface area (Å²) in [5.41, 5.74) is 0.673. The van der Waals surface area contributed by atoms with E-state index in [0.29, 0.717) is 37.0 Å². The Labute approximate surface area is 152 Å². The molecule has 0 N–H and O–H groups in total. The van der Waals surface area contributed by atoms with Gasteiger partial charge in [0.2, 0.25) is 10.0 Å². The van der Waals surface area contributed by atoms with Crippen LogP contribution in [-0.2, 0) is 10.0 Å². The van der Waals surface area contributed by atoms with Gasteiger partial charge in [-0.15, -0.1) is 0 Å². The van der Waals surface area contributed by atoms with Gasteiger partial charge in [-0.3, -0.25) is 0 Å². The van der Waals surface area contributed by atoms with Crippen LogP contribution in [0.15, 0.2) is 33.7 Å². The first-order valence-corrected chi connectivity index (χ1v) is 10.3. The van der Waals surface area contributed by atoms with E-state index in [1.165, 1.54) is 4.31 Å². The Morgan fingerprint density at radius 1 is 1.15 bits per heavy atom. The van der Waals surface area contributed by atoms with Crippen LogP contribution in [-0.4, -0.2) is 37.6 Å². The largest absolute Gasteiger partial charge is 0.486 e. The lowest BCUT2D eigenvalue weighted by Crippen LogP contribution is -2.31. The van der Waals surface area contributed by atoms with Gasteiger partial charge in [-0.05, 0) is 25.0 Å². The van der Waals surface area contributed by atoms with Crippen molar-refractivity contribution in [3.05, 3.63) is 35.7 Å². The highest BCUT2D eigenvalue weighted by molar-refractivity contribution is 7.89. The zero-order valence-electron chi connectivity index (χ0n) is 14.8. The summed E-state index contributed by atoms with van der Waals surface area (Å²) >= 11 is 0. The molecule has 1 atom stereocenters. The summed E-state index contributed by atoms with van der Waals surface area (Å²) in [6, 6.07) is 6.33. The summed E-state index contributed by atoms with van der Waals surface area (Å²) in [7, 11) is -3.66. The van der Waals surface area contributed by atoms with E-state index >= 15 is 0 Å². The van der Waals surface area contributed by atoms with Crippen LogP contribution in [0, 0.1) is 0 Å². The Morgan fingerprint density at radius 2 is 1.92 bits per heavy atom. The standard InChI is InChI=1S/C18H22N2O5S/c1-12(2)17-11-14(19-25-17)15-4-3-7-20(15)26(21,22)13-5-6-16-18(10-13)24-9-8-23-16/h5-6,10-12,15H,3-4,7-9H2,1-2H3. The highest BCUT2D eigenvalue weighted by Gasteiger charge is 2.38. The molecule has 140 valence electrons. The summed E-state index contributed by atoms with van der Waals surface area (Å²) in [4.78, 5) is 0.209. The number of ether oxygens (including phenoxy) is 2. The van der Waals surface area contributed by atoms with Gasteiger partial charge < -0.3 is 14.0 Å². The molecule has 4 rings (SSSR count). The molecule has 1 saturated heterocycles.